The Morgan fingerprint density at radius 3 is 2.33 bits per heavy atom. The molecular formula is C20H22IN2O7-. The summed E-state index contributed by atoms with van der Waals surface area (Å²) >= 11 is 2.04. The zero-order valence-electron chi connectivity index (χ0n) is 16.5. The van der Waals surface area contributed by atoms with Crippen molar-refractivity contribution in [2.75, 3.05) is 20.8 Å². The number of esters is 2. The van der Waals surface area contributed by atoms with Crippen molar-refractivity contribution in [2.45, 2.75) is 31.3 Å². The number of benzene rings is 1. The Morgan fingerprint density at radius 2 is 1.80 bits per heavy atom. The van der Waals surface area contributed by atoms with Gasteiger partial charge >= 0.3 is 11.9 Å². The molecule has 1 unspecified atom stereocenters. The number of terminal acetylenes is 1. The van der Waals surface area contributed by atoms with E-state index in [9.17, 15) is 24.3 Å². The first-order valence-electron chi connectivity index (χ1n) is 8.92. The third-order valence-corrected chi connectivity index (χ3v) is 5.05. The molecule has 0 aliphatic carbocycles. The van der Waals surface area contributed by atoms with Gasteiger partial charge in [0.1, 0.15) is 0 Å². The Bertz CT molecular complexity index is 819. The number of hydrogen-bond donors (Lipinski definition) is 2. The maximum absolute atomic E-state index is 12.3. The first-order chi connectivity index (χ1) is 14.2. The van der Waals surface area contributed by atoms with Crippen LogP contribution in [0, 0.1) is 15.9 Å². The van der Waals surface area contributed by atoms with Gasteiger partial charge < -0.3 is 24.7 Å². The van der Waals surface area contributed by atoms with Crippen LogP contribution in [0.4, 0.5) is 0 Å². The molecule has 1 aromatic rings. The fraction of sp³-hybridized carbons (Fsp3) is 0.400. The molecule has 0 saturated heterocycles. The molecule has 9 nitrogen and oxygen atoms in total. The van der Waals surface area contributed by atoms with Crippen LogP contribution in [0.3, 0.4) is 0 Å². The van der Waals surface area contributed by atoms with Crippen LogP contribution in [0.2, 0.25) is 0 Å². The minimum Gasteiger partial charge on any atom is -0.548 e. The average molecular weight is 529 g/mol. The van der Waals surface area contributed by atoms with Crippen molar-refractivity contribution < 1.29 is 33.8 Å². The minimum atomic E-state index is -1.58. The zero-order valence-corrected chi connectivity index (χ0v) is 18.7. The van der Waals surface area contributed by atoms with E-state index in [4.69, 9.17) is 6.42 Å². The molecule has 0 saturated carbocycles. The zero-order chi connectivity index (χ0) is 22.7. The molecule has 0 bridgehead atoms. The first-order valence-corrected chi connectivity index (χ1v) is 9.99. The SMILES string of the molecule is C#Cc1ccc(I)c(C(=O)NCCCCC(NC(C(=O)OC)C(=O)OC)C(=O)[O-])c1. The van der Waals surface area contributed by atoms with Gasteiger partial charge in [-0.15, -0.1) is 6.42 Å². The van der Waals surface area contributed by atoms with Crippen LogP contribution in [0.15, 0.2) is 18.2 Å². The maximum atomic E-state index is 12.3. The van der Waals surface area contributed by atoms with E-state index < -0.39 is 30.0 Å². The highest BCUT2D eigenvalue weighted by Gasteiger charge is 2.31. The van der Waals surface area contributed by atoms with Crippen LogP contribution in [-0.2, 0) is 23.9 Å². The monoisotopic (exact) mass is 529 g/mol. The smallest absolute Gasteiger partial charge is 0.334 e. The standard InChI is InChI=1S/C20H23IN2O7/c1-4-12-8-9-14(21)13(11-12)17(24)22-10-6-5-7-15(18(25)26)23-16(19(27)29-2)20(28)30-3/h1,8-9,11,15-16,23H,5-7,10H2,2-3H3,(H,22,24)(H,25,26)/p-1. The van der Waals surface area contributed by atoms with Gasteiger partial charge in [-0.3, -0.25) is 10.1 Å². The largest absolute Gasteiger partial charge is 0.548 e. The van der Waals surface area contributed by atoms with Crippen LogP contribution < -0.4 is 15.7 Å². The number of carboxylic acids is 1. The molecule has 0 aromatic heterocycles. The number of carbonyl (C=O) groups is 4. The molecule has 2 N–H and O–H groups in total. The lowest BCUT2D eigenvalue weighted by atomic mass is 10.1. The van der Waals surface area contributed by atoms with Gasteiger partial charge in [-0.25, -0.2) is 9.59 Å². The normalized spacial score (nSPS) is 11.3. The third kappa shape index (κ3) is 7.64. The fourth-order valence-electron chi connectivity index (χ4n) is 2.50. The molecule has 0 heterocycles. The van der Waals surface area contributed by atoms with Crippen LogP contribution in [-0.4, -0.2) is 56.7 Å². The van der Waals surface area contributed by atoms with Gasteiger partial charge in [0.2, 0.25) is 6.04 Å². The van der Waals surface area contributed by atoms with E-state index in [-0.39, 0.29) is 12.3 Å². The van der Waals surface area contributed by atoms with Crippen molar-refractivity contribution in [1.29, 1.82) is 0 Å². The summed E-state index contributed by atoms with van der Waals surface area (Å²) in [6.07, 6.45) is 6.25. The summed E-state index contributed by atoms with van der Waals surface area (Å²) in [5.74, 6) is -1.23. The minimum absolute atomic E-state index is 0.0623. The number of ether oxygens (including phenoxy) is 2. The molecule has 1 rings (SSSR count). The molecule has 162 valence electrons. The lowest BCUT2D eigenvalue weighted by Crippen LogP contribution is -2.55. The highest BCUT2D eigenvalue weighted by Crippen LogP contribution is 2.14. The Hall–Kier alpha value is -2.65. The number of nitrogens with one attached hydrogen (secondary N) is 2. The number of rotatable bonds is 11. The summed E-state index contributed by atoms with van der Waals surface area (Å²) in [5, 5.41) is 16.5. The highest BCUT2D eigenvalue weighted by molar-refractivity contribution is 14.1. The molecule has 1 atom stereocenters. The van der Waals surface area contributed by atoms with Gasteiger partial charge in [-0.2, -0.15) is 0 Å². The van der Waals surface area contributed by atoms with E-state index in [1.54, 1.807) is 18.2 Å². The van der Waals surface area contributed by atoms with Crippen LogP contribution in [0.5, 0.6) is 0 Å². The maximum Gasteiger partial charge on any atom is 0.334 e. The number of carboxylic acid groups (broad SMARTS) is 1. The number of carbonyl (C=O) groups excluding carboxylic acids is 4. The van der Waals surface area contributed by atoms with Crippen molar-refractivity contribution in [3.63, 3.8) is 0 Å². The first kappa shape index (κ1) is 25.4. The Kier molecular flexibility index (Phi) is 10.8. The van der Waals surface area contributed by atoms with Crippen LogP contribution >= 0.6 is 22.6 Å². The fourth-order valence-corrected chi connectivity index (χ4v) is 3.08. The molecule has 10 heteroatoms. The third-order valence-electron chi connectivity index (χ3n) is 4.11. The van der Waals surface area contributed by atoms with Crippen LogP contribution in [0.25, 0.3) is 0 Å². The van der Waals surface area contributed by atoms with E-state index in [0.29, 0.717) is 30.5 Å². The molecule has 0 fully saturated rings. The summed E-state index contributed by atoms with van der Waals surface area (Å²) in [6, 6.07) is 2.25. The average Bonchev–Trinajstić information content (AvgIpc) is 2.74. The predicted molar refractivity (Wildman–Crippen MR) is 113 cm³/mol. The van der Waals surface area contributed by atoms with Gasteiger partial charge in [0.15, 0.2) is 0 Å². The second kappa shape index (κ2) is 12.8. The second-order valence-corrected chi connectivity index (χ2v) is 7.27. The topological polar surface area (TPSA) is 134 Å². The van der Waals surface area contributed by atoms with E-state index >= 15 is 0 Å². The number of amides is 1. The molecular weight excluding hydrogens is 507 g/mol. The highest BCUT2D eigenvalue weighted by atomic mass is 127. The molecule has 1 amide bonds. The summed E-state index contributed by atoms with van der Waals surface area (Å²) < 4.78 is 9.71. The molecule has 0 radical (unpaired) electrons. The number of hydrogen-bond acceptors (Lipinski definition) is 8. The van der Waals surface area contributed by atoms with Gasteiger partial charge in [0.25, 0.3) is 5.91 Å². The van der Waals surface area contributed by atoms with E-state index in [1.807, 2.05) is 22.6 Å². The van der Waals surface area contributed by atoms with Crippen LogP contribution in [0.1, 0.15) is 35.2 Å². The molecule has 1 aromatic carbocycles. The Labute approximate surface area is 188 Å². The number of halogens is 1. The molecule has 0 aliphatic heterocycles. The van der Waals surface area contributed by atoms with Crippen molar-refractivity contribution in [3.8, 4) is 12.3 Å². The van der Waals surface area contributed by atoms with Crippen molar-refractivity contribution >= 4 is 46.4 Å². The van der Waals surface area contributed by atoms with Crippen molar-refractivity contribution in [2.24, 2.45) is 0 Å². The number of methoxy groups -OCH3 is 2. The Morgan fingerprint density at radius 1 is 1.17 bits per heavy atom. The quantitative estimate of drug-likeness (QED) is 0.130. The van der Waals surface area contributed by atoms with Gasteiger partial charge in [-0.05, 0) is 60.1 Å². The molecule has 0 aliphatic rings. The van der Waals surface area contributed by atoms with E-state index in [0.717, 1.165) is 17.8 Å². The number of unbranched alkanes of at least 4 members (excludes halogenated alkanes) is 1. The summed E-state index contributed by atoms with van der Waals surface area (Å²) in [6.45, 7) is 0.298. The van der Waals surface area contributed by atoms with E-state index in [1.165, 1.54) is 0 Å². The van der Waals surface area contributed by atoms with Gasteiger partial charge in [-0.1, -0.05) is 5.92 Å². The summed E-state index contributed by atoms with van der Waals surface area (Å²) in [5.41, 5.74) is 1.05. The van der Waals surface area contributed by atoms with Gasteiger partial charge in [0, 0.05) is 21.7 Å². The lowest BCUT2D eigenvalue weighted by molar-refractivity contribution is -0.308. The van der Waals surface area contributed by atoms with E-state index in [2.05, 4.69) is 26.0 Å². The summed E-state index contributed by atoms with van der Waals surface area (Å²) in [7, 11) is 2.13. The lowest BCUT2D eigenvalue weighted by Gasteiger charge is -2.23. The summed E-state index contributed by atoms with van der Waals surface area (Å²) in [4.78, 5) is 47.0. The molecule has 30 heavy (non-hydrogen) atoms. The molecule has 0 spiro atoms. The van der Waals surface area contributed by atoms with Crippen molar-refractivity contribution in [3.05, 3.63) is 32.9 Å². The number of aliphatic carboxylic acids is 1. The van der Waals surface area contributed by atoms with Crippen molar-refractivity contribution in [1.82, 2.24) is 10.6 Å². The predicted octanol–water partition coefficient (Wildman–Crippen LogP) is -0.405. The Balaban J connectivity index is 2.56. The van der Waals surface area contributed by atoms with Gasteiger partial charge in [0.05, 0.1) is 25.8 Å². The second-order valence-electron chi connectivity index (χ2n) is 6.11.